The first-order chi connectivity index (χ1) is 18.3. The molecule has 210 valence electrons. The standard InChI is InChI=1S/C27H31NO3S.C2HF3O2/c1-21-3-5-22(6-4-21)19-28-17-15-23(16-18-28)20-31-26-11-7-24(8-12-26)25-9-13-27(14-10-25)32(2,29)30;3-2(4,5)1(6)7/h3-14,23H,15-20H2,1-2H3;(H,6,7). The smallest absolute Gasteiger partial charge is 0.490 e. The highest BCUT2D eigenvalue weighted by Crippen LogP contribution is 2.25. The third-order valence-corrected chi connectivity index (χ3v) is 7.56. The summed E-state index contributed by atoms with van der Waals surface area (Å²) in [6, 6.07) is 23.9. The zero-order chi connectivity index (χ0) is 28.6. The van der Waals surface area contributed by atoms with Crippen LogP contribution in [0, 0.1) is 12.8 Å². The van der Waals surface area contributed by atoms with Crippen LogP contribution in [-0.4, -0.2) is 56.5 Å². The van der Waals surface area contributed by atoms with Crippen LogP contribution in [0.1, 0.15) is 24.0 Å². The van der Waals surface area contributed by atoms with Gasteiger partial charge in [-0.1, -0.05) is 54.1 Å². The van der Waals surface area contributed by atoms with Crippen molar-refractivity contribution in [1.82, 2.24) is 4.90 Å². The number of aryl methyl sites for hydroxylation is 1. The second-order valence-corrected chi connectivity index (χ2v) is 11.7. The van der Waals surface area contributed by atoms with Crippen LogP contribution >= 0.6 is 0 Å². The molecule has 6 nitrogen and oxygen atoms in total. The van der Waals surface area contributed by atoms with Gasteiger partial charge in [-0.2, -0.15) is 13.2 Å². The number of halogens is 3. The third kappa shape index (κ3) is 9.71. The third-order valence-electron chi connectivity index (χ3n) is 6.43. The highest BCUT2D eigenvalue weighted by molar-refractivity contribution is 7.90. The minimum Gasteiger partial charge on any atom is -0.493 e. The van der Waals surface area contributed by atoms with E-state index < -0.39 is 22.0 Å². The van der Waals surface area contributed by atoms with Gasteiger partial charge in [0.15, 0.2) is 9.84 Å². The lowest BCUT2D eigenvalue weighted by atomic mass is 9.97. The Morgan fingerprint density at radius 1 is 0.923 bits per heavy atom. The monoisotopic (exact) mass is 563 g/mol. The van der Waals surface area contributed by atoms with Gasteiger partial charge >= 0.3 is 12.1 Å². The van der Waals surface area contributed by atoms with Gasteiger partial charge < -0.3 is 9.84 Å². The number of alkyl halides is 3. The molecule has 10 heteroatoms. The van der Waals surface area contributed by atoms with Crippen LogP contribution in [0.2, 0.25) is 0 Å². The molecule has 0 aliphatic carbocycles. The van der Waals surface area contributed by atoms with E-state index in [0.29, 0.717) is 10.8 Å². The molecule has 1 N–H and O–H groups in total. The number of likely N-dealkylation sites (tertiary alicyclic amines) is 1. The van der Waals surface area contributed by atoms with Gasteiger partial charge in [0, 0.05) is 12.8 Å². The van der Waals surface area contributed by atoms with E-state index in [1.165, 1.54) is 17.4 Å². The molecule has 0 saturated carbocycles. The summed E-state index contributed by atoms with van der Waals surface area (Å²) in [4.78, 5) is 11.8. The molecule has 39 heavy (non-hydrogen) atoms. The summed E-state index contributed by atoms with van der Waals surface area (Å²) < 4.78 is 61.0. The van der Waals surface area contributed by atoms with Crippen LogP contribution in [0.25, 0.3) is 11.1 Å². The Balaban J connectivity index is 0.000000532. The van der Waals surface area contributed by atoms with Gasteiger partial charge in [0.25, 0.3) is 0 Å². The maximum absolute atomic E-state index is 11.6. The summed E-state index contributed by atoms with van der Waals surface area (Å²) in [7, 11) is -3.17. The van der Waals surface area contributed by atoms with Crippen molar-refractivity contribution >= 4 is 15.8 Å². The van der Waals surface area contributed by atoms with E-state index in [9.17, 15) is 21.6 Å². The Kier molecular flexibility index (Phi) is 10.2. The largest absolute Gasteiger partial charge is 0.493 e. The SMILES string of the molecule is Cc1ccc(CN2CCC(COc3ccc(-c4ccc(S(C)(=O)=O)cc4)cc3)CC2)cc1.O=C(O)C(F)(F)F. The minimum absolute atomic E-state index is 0.339. The van der Waals surface area contributed by atoms with Crippen LogP contribution in [0.15, 0.2) is 77.7 Å². The number of hydrogen-bond donors (Lipinski definition) is 1. The van der Waals surface area contributed by atoms with Crippen molar-refractivity contribution in [1.29, 1.82) is 0 Å². The summed E-state index contributed by atoms with van der Waals surface area (Å²) in [6.45, 7) is 6.14. The quantitative estimate of drug-likeness (QED) is 0.380. The number of aliphatic carboxylic acids is 1. The van der Waals surface area contributed by atoms with Crippen molar-refractivity contribution in [2.24, 2.45) is 5.92 Å². The average Bonchev–Trinajstić information content (AvgIpc) is 2.89. The number of carboxylic acids is 1. The molecule has 0 unspecified atom stereocenters. The Morgan fingerprint density at radius 2 is 1.41 bits per heavy atom. The fourth-order valence-corrected chi connectivity index (χ4v) is 4.75. The Labute approximate surface area is 227 Å². The van der Waals surface area contributed by atoms with Crippen molar-refractivity contribution in [3.63, 3.8) is 0 Å². The summed E-state index contributed by atoms with van der Waals surface area (Å²) in [5.74, 6) is -1.29. The molecule has 1 aliphatic heterocycles. The molecule has 1 aliphatic rings. The molecule has 0 spiro atoms. The predicted octanol–water partition coefficient (Wildman–Crippen LogP) is 5.99. The summed E-state index contributed by atoms with van der Waals surface area (Å²) in [6.07, 6.45) is -1.53. The van der Waals surface area contributed by atoms with Gasteiger partial charge in [-0.15, -0.1) is 0 Å². The predicted molar refractivity (Wildman–Crippen MR) is 143 cm³/mol. The van der Waals surface area contributed by atoms with Gasteiger partial charge in [0.1, 0.15) is 5.75 Å². The molecule has 0 radical (unpaired) electrons. The minimum atomic E-state index is -5.08. The summed E-state index contributed by atoms with van der Waals surface area (Å²) in [5, 5.41) is 7.12. The van der Waals surface area contributed by atoms with Crippen molar-refractivity contribution in [2.75, 3.05) is 26.0 Å². The lowest BCUT2D eigenvalue weighted by Crippen LogP contribution is -2.35. The molecular formula is C29H32F3NO5S. The van der Waals surface area contributed by atoms with E-state index in [1.807, 2.05) is 36.4 Å². The van der Waals surface area contributed by atoms with Gasteiger partial charge in [-0.3, -0.25) is 4.90 Å². The molecule has 4 rings (SSSR count). The fourth-order valence-electron chi connectivity index (χ4n) is 4.12. The maximum atomic E-state index is 11.6. The van der Waals surface area contributed by atoms with Crippen LogP contribution in [-0.2, 0) is 21.2 Å². The van der Waals surface area contributed by atoms with E-state index in [-0.39, 0.29) is 0 Å². The van der Waals surface area contributed by atoms with Crippen LogP contribution in [0.4, 0.5) is 13.2 Å². The van der Waals surface area contributed by atoms with Gasteiger partial charge in [-0.25, -0.2) is 13.2 Å². The van der Waals surface area contributed by atoms with Crippen molar-refractivity contribution in [3.05, 3.63) is 83.9 Å². The molecule has 3 aromatic carbocycles. The Bertz CT molecular complexity index is 1320. The van der Waals surface area contributed by atoms with Crippen molar-refractivity contribution in [2.45, 2.75) is 37.4 Å². The molecular weight excluding hydrogens is 531 g/mol. The number of nitrogens with zero attached hydrogens (tertiary/aromatic N) is 1. The highest BCUT2D eigenvalue weighted by Gasteiger charge is 2.38. The number of rotatable bonds is 7. The lowest BCUT2D eigenvalue weighted by molar-refractivity contribution is -0.192. The highest BCUT2D eigenvalue weighted by atomic mass is 32.2. The lowest BCUT2D eigenvalue weighted by Gasteiger charge is -2.31. The van der Waals surface area contributed by atoms with Crippen molar-refractivity contribution in [3.8, 4) is 16.9 Å². The first-order valence-corrected chi connectivity index (χ1v) is 14.3. The van der Waals surface area contributed by atoms with E-state index in [2.05, 4.69) is 36.1 Å². The number of benzene rings is 3. The van der Waals surface area contributed by atoms with E-state index in [0.717, 1.165) is 56.0 Å². The number of ether oxygens (including phenoxy) is 1. The molecule has 3 aromatic rings. The molecule has 0 amide bonds. The topological polar surface area (TPSA) is 83.9 Å². The van der Waals surface area contributed by atoms with Crippen LogP contribution < -0.4 is 4.74 Å². The first-order valence-electron chi connectivity index (χ1n) is 12.4. The second kappa shape index (κ2) is 13.1. The summed E-state index contributed by atoms with van der Waals surface area (Å²) in [5.41, 5.74) is 4.73. The fraction of sp³-hybridized carbons (Fsp3) is 0.345. The van der Waals surface area contributed by atoms with E-state index in [4.69, 9.17) is 14.6 Å². The van der Waals surface area contributed by atoms with Gasteiger partial charge in [0.2, 0.25) is 0 Å². The van der Waals surface area contributed by atoms with Gasteiger partial charge in [-0.05, 0) is 79.7 Å². The number of sulfone groups is 1. The normalized spacial score (nSPS) is 14.8. The van der Waals surface area contributed by atoms with Crippen LogP contribution in [0.5, 0.6) is 5.75 Å². The molecule has 0 aromatic heterocycles. The average molecular weight is 564 g/mol. The Hall–Kier alpha value is -3.37. The van der Waals surface area contributed by atoms with Gasteiger partial charge in [0.05, 0.1) is 11.5 Å². The molecule has 0 atom stereocenters. The summed E-state index contributed by atoms with van der Waals surface area (Å²) >= 11 is 0. The number of hydrogen-bond acceptors (Lipinski definition) is 5. The second-order valence-electron chi connectivity index (χ2n) is 9.64. The van der Waals surface area contributed by atoms with Crippen LogP contribution in [0.3, 0.4) is 0 Å². The van der Waals surface area contributed by atoms with E-state index >= 15 is 0 Å². The zero-order valence-corrected chi connectivity index (χ0v) is 22.6. The number of carbonyl (C=O) groups is 1. The maximum Gasteiger partial charge on any atom is 0.490 e. The zero-order valence-electron chi connectivity index (χ0n) is 21.8. The molecule has 1 saturated heterocycles. The number of piperidine rings is 1. The molecule has 1 fully saturated rings. The first kappa shape index (κ1) is 30.2. The molecule has 1 heterocycles. The van der Waals surface area contributed by atoms with E-state index in [1.54, 1.807) is 12.1 Å². The number of carboxylic acid groups (broad SMARTS) is 1. The Morgan fingerprint density at radius 3 is 1.87 bits per heavy atom. The van der Waals surface area contributed by atoms with Crippen molar-refractivity contribution < 1.29 is 36.2 Å². The molecule has 0 bridgehead atoms.